The van der Waals surface area contributed by atoms with Crippen molar-refractivity contribution >= 4 is 0 Å². The number of aromatic nitrogens is 2. The van der Waals surface area contributed by atoms with Crippen molar-refractivity contribution in [1.82, 2.24) is 9.97 Å². The summed E-state index contributed by atoms with van der Waals surface area (Å²) < 4.78 is 37.4. The number of nitrogens with one attached hydrogen (secondary N) is 1. The Morgan fingerprint density at radius 1 is 1.24 bits per heavy atom. The van der Waals surface area contributed by atoms with Gasteiger partial charge in [-0.3, -0.25) is 4.79 Å². The molecule has 0 amide bonds. The highest BCUT2D eigenvalue weighted by molar-refractivity contribution is 5.11. The number of aromatic amines is 1. The molecular weight excluding hydrogens is 233 g/mol. The Kier molecular flexibility index (Phi) is 3.22. The molecule has 6 heteroatoms. The maximum atomic E-state index is 12.5. The van der Waals surface area contributed by atoms with Gasteiger partial charge in [-0.2, -0.15) is 13.2 Å². The van der Waals surface area contributed by atoms with Crippen LogP contribution in [0.2, 0.25) is 0 Å². The van der Waals surface area contributed by atoms with Crippen LogP contribution >= 0.6 is 0 Å². The summed E-state index contributed by atoms with van der Waals surface area (Å²) in [6, 6.07) is 0. The third-order valence-corrected chi connectivity index (χ3v) is 3.38. The quantitative estimate of drug-likeness (QED) is 0.827. The van der Waals surface area contributed by atoms with Crippen LogP contribution in [0.5, 0.6) is 0 Å². The lowest BCUT2D eigenvalue weighted by atomic mass is 9.79. The highest BCUT2D eigenvalue weighted by Crippen LogP contribution is 2.41. The molecule has 3 nitrogen and oxygen atoms in total. The number of nitrogens with zero attached hydrogens (tertiary/aromatic N) is 1. The number of hydrogen-bond donors (Lipinski definition) is 1. The van der Waals surface area contributed by atoms with Gasteiger partial charge in [-0.25, -0.2) is 4.98 Å². The number of hydrogen-bond acceptors (Lipinski definition) is 2. The Morgan fingerprint density at radius 3 is 2.41 bits per heavy atom. The molecule has 0 radical (unpaired) electrons. The van der Waals surface area contributed by atoms with Gasteiger partial charge in [-0.1, -0.05) is 0 Å². The zero-order valence-corrected chi connectivity index (χ0v) is 9.13. The van der Waals surface area contributed by atoms with E-state index in [4.69, 9.17) is 0 Å². The first kappa shape index (κ1) is 12.1. The van der Waals surface area contributed by atoms with Gasteiger partial charge in [0.15, 0.2) is 0 Å². The van der Waals surface area contributed by atoms with Gasteiger partial charge in [0.1, 0.15) is 0 Å². The third kappa shape index (κ3) is 2.68. The monoisotopic (exact) mass is 246 g/mol. The summed E-state index contributed by atoms with van der Waals surface area (Å²) in [5.41, 5.74) is 0.267. The van der Waals surface area contributed by atoms with Crippen LogP contribution in [0.15, 0.2) is 17.3 Å². The fraction of sp³-hybridized carbons (Fsp3) is 0.636. The maximum Gasteiger partial charge on any atom is 0.391 e. The summed E-state index contributed by atoms with van der Waals surface area (Å²) >= 11 is 0. The minimum absolute atomic E-state index is 0.0916. The van der Waals surface area contributed by atoms with Crippen LogP contribution in [0.4, 0.5) is 13.2 Å². The standard InChI is InChI=1S/C11H13F3N2O/c12-11(13,14)8-3-1-7(2-4-8)9-5-15-6-16-10(9)17/h5-8H,1-4H2,(H,15,16,17). The van der Waals surface area contributed by atoms with Gasteiger partial charge < -0.3 is 4.98 Å². The van der Waals surface area contributed by atoms with Crippen LogP contribution in [0.1, 0.15) is 37.2 Å². The molecule has 1 aliphatic rings. The molecule has 94 valence electrons. The highest BCUT2D eigenvalue weighted by atomic mass is 19.4. The third-order valence-electron chi connectivity index (χ3n) is 3.38. The fourth-order valence-electron chi connectivity index (χ4n) is 2.38. The lowest BCUT2D eigenvalue weighted by Crippen LogP contribution is -2.28. The van der Waals surface area contributed by atoms with Gasteiger partial charge in [0.25, 0.3) is 5.56 Å². The number of alkyl halides is 3. The van der Waals surface area contributed by atoms with E-state index >= 15 is 0 Å². The average Bonchev–Trinajstić information content (AvgIpc) is 2.29. The summed E-state index contributed by atoms with van der Waals surface area (Å²) in [5, 5.41) is 0. The average molecular weight is 246 g/mol. The van der Waals surface area contributed by atoms with Gasteiger partial charge >= 0.3 is 6.18 Å². The molecule has 0 atom stereocenters. The molecule has 0 aliphatic heterocycles. The summed E-state index contributed by atoms with van der Waals surface area (Å²) in [6.07, 6.45) is -0.361. The first-order chi connectivity index (χ1) is 7.98. The molecule has 1 saturated carbocycles. The zero-order valence-electron chi connectivity index (χ0n) is 9.13. The first-order valence-corrected chi connectivity index (χ1v) is 5.58. The van der Waals surface area contributed by atoms with E-state index in [9.17, 15) is 18.0 Å². The van der Waals surface area contributed by atoms with Crippen molar-refractivity contribution in [3.63, 3.8) is 0 Å². The Hall–Kier alpha value is -1.33. The van der Waals surface area contributed by atoms with Crippen LogP contribution in [0.25, 0.3) is 0 Å². The van der Waals surface area contributed by atoms with Gasteiger partial charge in [0.2, 0.25) is 0 Å². The van der Waals surface area contributed by atoms with Gasteiger partial charge in [0, 0.05) is 11.8 Å². The normalized spacial score (nSPS) is 25.8. The van der Waals surface area contributed by atoms with E-state index in [1.807, 2.05) is 0 Å². The maximum absolute atomic E-state index is 12.5. The molecule has 1 N–H and O–H groups in total. The van der Waals surface area contributed by atoms with E-state index < -0.39 is 12.1 Å². The molecule has 0 unspecified atom stereocenters. The second-order valence-corrected chi connectivity index (χ2v) is 4.43. The molecular formula is C11H13F3N2O. The van der Waals surface area contributed by atoms with Gasteiger partial charge in [-0.05, 0) is 31.6 Å². The lowest BCUT2D eigenvalue weighted by Gasteiger charge is -2.29. The molecule has 1 heterocycles. The zero-order chi connectivity index (χ0) is 12.5. The minimum atomic E-state index is -4.10. The summed E-state index contributed by atoms with van der Waals surface area (Å²) in [5.74, 6) is -1.31. The predicted molar refractivity (Wildman–Crippen MR) is 55.6 cm³/mol. The fourth-order valence-corrected chi connectivity index (χ4v) is 2.38. The van der Waals surface area contributed by atoms with E-state index in [2.05, 4.69) is 9.97 Å². The van der Waals surface area contributed by atoms with Crippen molar-refractivity contribution in [3.8, 4) is 0 Å². The van der Waals surface area contributed by atoms with E-state index in [1.54, 1.807) is 0 Å². The molecule has 0 bridgehead atoms. The second kappa shape index (κ2) is 4.50. The summed E-state index contributed by atoms with van der Waals surface area (Å²) in [7, 11) is 0. The Labute approximate surface area is 96.1 Å². The molecule has 2 rings (SSSR count). The summed E-state index contributed by atoms with van der Waals surface area (Å²) in [4.78, 5) is 17.7. The van der Waals surface area contributed by atoms with Crippen molar-refractivity contribution in [3.05, 3.63) is 28.4 Å². The van der Waals surface area contributed by atoms with Crippen molar-refractivity contribution in [2.45, 2.75) is 37.8 Å². The minimum Gasteiger partial charge on any atom is -0.313 e. The molecule has 0 saturated heterocycles. The topological polar surface area (TPSA) is 45.8 Å². The molecule has 1 fully saturated rings. The SMILES string of the molecule is O=c1[nH]cncc1C1CCC(C(F)(F)F)CC1. The van der Waals surface area contributed by atoms with Gasteiger partial charge in [0.05, 0.1) is 12.2 Å². The molecule has 0 spiro atoms. The van der Waals surface area contributed by atoms with E-state index in [-0.39, 0.29) is 24.3 Å². The number of H-pyrrole nitrogens is 1. The number of halogens is 3. The molecule has 17 heavy (non-hydrogen) atoms. The Bertz CT molecular complexity index is 433. The predicted octanol–water partition coefficient (Wildman–Crippen LogP) is 2.61. The van der Waals surface area contributed by atoms with E-state index in [1.165, 1.54) is 12.5 Å². The molecule has 0 aromatic carbocycles. The largest absolute Gasteiger partial charge is 0.391 e. The van der Waals surface area contributed by atoms with E-state index in [0.717, 1.165) is 0 Å². The second-order valence-electron chi connectivity index (χ2n) is 4.43. The molecule has 1 aromatic rings. The number of rotatable bonds is 1. The van der Waals surface area contributed by atoms with Crippen LogP contribution in [-0.4, -0.2) is 16.1 Å². The van der Waals surface area contributed by atoms with E-state index in [0.29, 0.717) is 18.4 Å². The van der Waals surface area contributed by atoms with Crippen molar-refractivity contribution in [1.29, 1.82) is 0 Å². The summed E-state index contributed by atoms with van der Waals surface area (Å²) in [6.45, 7) is 0. The van der Waals surface area contributed by atoms with Crippen LogP contribution in [0.3, 0.4) is 0 Å². The smallest absolute Gasteiger partial charge is 0.313 e. The van der Waals surface area contributed by atoms with Crippen LogP contribution < -0.4 is 5.56 Å². The Morgan fingerprint density at radius 2 is 1.88 bits per heavy atom. The van der Waals surface area contributed by atoms with Gasteiger partial charge in [-0.15, -0.1) is 0 Å². The van der Waals surface area contributed by atoms with Crippen molar-refractivity contribution in [2.24, 2.45) is 5.92 Å². The van der Waals surface area contributed by atoms with Crippen molar-refractivity contribution in [2.75, 3.05) is 0 Å². The Balaban J connectivity index is 2.05. The first-order valence-electron chi connectivity index (χ1n) is 5.58. The molecule has 1 aliphatic carbocycles. The lowest BCUT2D eigenvalue weighted by molar-refractivity contribution is -0.182. The highest BCUT2D eigenvalue weighted by Gasteiger charge is 2.41. The van der Waals surface area contributed by atoms with Crippen LogP contribution in [0, 0.1) is 5.92 Å². The van der Waals surface area contributed by atoms with Crippen molar-refractivity contribution < 1.29 is 13.2 Å². The molecule has 1 aromatic heterocycles. The van der Waals surface area contributed by atoms with Crippen LogP contribution in [-0.2, 0) is 0 Å².